The van der Waals surface area contributed by atoms with Gasteiger partial charge < -0.3 is 4.74 Å². The molecular formula is C15H8Cl2O4. The van der Waals surface area contributed by atoms with E-state index in [2.05, 4.69) is 0 Å². The molecule has 0 amide bonds. The van der Waals surface area contributed by atoms with Crippen LogP contribution < -0.4 is 4.74 Å². The maximum absolute atomic E-state index is 11.9. The van der Waals surface area contributed by atoms with Crippen LogP contribution in [0.3, 0.4) is 0 Å². The van der Waals surface area contributed by atoms with Gasteiger partial charge >= 0.3 is 5.97 Å². The Bertz CT molecular complexity index is 679. The van der Waals surface area contributed by atoms with E-state index in [1.54, 1.807) is 30.3 Å². The van der Waals surface area contributed by atoms with Crippen LogP contribution in [0.2, 0.25) is 0 Å². The summed E-state index contributed by atoms with van der Waals surface area (Å²) in [5.74, 6) is -0.609. The normalized spacial score (nSPS) is 10.0. The van der Waals surface area contributed by atoms with E-state index >= 15 is 0 Å². The first kappa shape index (κ1) is 15.2. The lowest BCUT2D eigenvalue weighted by atomic mass is 10.1. The number of benzene rings is 2. The molecular weight excluding hydrogens is 315 g/mol. The summed E-state index contributed by atoms with van der Waals surface area (Å²) in [7, 11) is 0. The molecule has 2 aromatic carbocycles. The standard InChI is InChI=1S/C15H8Cl2O4/c16-13(18)10-6-11(14(17)19)8-12(7-10)21-15(20)9-4-2-1-3-5-9/h1-8H. The van der Waals surface area contributed by atoms with E-state index in [0.717, 1.165) is 0 Å². The van der Waals surface area contributed by atoms with Crippen molar-refractivity contribution in [3.8, 4) is 5.75 Å². The van der Waals surface area contributed by atoms with Crippen LogP contribution in [0.25, 0.3) is 0 Å². The molecule has 6 heteroatoms. The number of rotatable bonds is 4. The largest absolute Gasteiger partial charge is 0.423 e. The van der Waals surface area contributed by atoms with Gasteiger partial charge in [-0.05, 0) is 53.5 Å². The van der Waals surface area contributed by atoms with Gasteiger partial charge in [0.05, 0.1) is 5.56 Å². The molecule has 0 saturated heterocycles. The fraction of sp³-hybridized carbons (Fsp3) is 0. The second kappa shape index (κ2) is 6.52. The molecule has 2 rings (SSSR count). The summed E-state index contributed by atoms with van der Waals surface area (Å²) >= 11 is 10.7. The lowest BCUT2D eigenvalue weighted by Gasteiger charge is -2.07. The Morgan fingerprint density at radius 1 is 0.762 bits per heavy atom. The highest BCUT2D eigenvalue weighted by Gasteiger charge is 2.14. The molecule has 0 aromatic heterocycles. The van der Waals surface area contributed by atoms with Gasteiger partial charge in [0.15, 0.2) is 0 Å². The zero-order valence-electron chi connectivity index (χ0n) is 10.5. The minimum Gasteiger partial charge on any atom is -0.423 e. The zero-order valence-corrected chi connectivity index (χ0v) is 12.0. The molecule has 0 radical (unpaired) electrons. The van der Waals surface area contributed by atoms with E-state index in [-0.39, 0.29) is 16.9 Å². The van der Waals surface area contributed by atoms with Gasteiger partial charge in [-0.25, -0.2) is 4.79 Å². The van der Waals surface area contributed by atoms with Crippen LogP contribution in [0.4, 0.5) is 0 Å². The van der Waals surface area contributed by atoms with Crippen LogP contribution in [-0.4, -0.2) is 16.5 Å². The third-order valence-corrected chi connectivity index (χ3v) is 3.02. The van der Waals surface area contributed by atoms with Crippen molar-refractivity contribution in [3.05, 3.63) is 65.2 Å². The summed E-state index contributed by atoms with van der Waals surface area (Å²) < 4.78 is 5.12. The quantitative estimate of drug-likeness (QED) is 0.489. The number of carbonyl (C=O) groups is 3. The number of ether oxygens (including phenoxy) is 1. The highest BCUT2D eigenvalue weighted by atomic mass is 35.5. The molecule has 4 nitrogen and oxygen atoms in total. The van der Waals surface area contributed by atoms with E-state index in [1.165, 1.54) is 18.2 Å². The van der Waals surface area contributed by atoms with Gasteiger partial charge in [-0.2, -0.15) is 0 Å². The number of hydrogen-bond donors (Lipinski definition) is 0. The molecule has 21 heavy (non-hydrogen) atoms. The lowest BCUT2D eigenvalue weighted by Crippen LogP contribution is -2.09. The highest BCUT2D eigenvalue weighted by molar-refractivity contribution is 6.69. The summed E-state index contributed by atoms with van der Waals surface area (Å²) in [6.07, 6.45) is 0. The van der Waals surface area contributed by atoms with Gasteiger partial charge in [-0.15, -0.1) is 0 Å². The highest BCUT2D eigenvalue weighted by Crippen LogP contribution is 2.21. The predicted octanol–water partition coefficient (Wildman–Crippen LogP) is 3.66. The van der Waals surface area contributed by atoms with E-state index in [9.17, 15) is 14.4 Å². The van der Waals surface area contributed by atoms with E-state index in [4.69, 9.17) is 27.9 Å². The molecule has 0 unspecified atom stereocenters. The van der Waals surface area contributed by atoms with Crippen molar-refractivity contribution in [2.24, 2.45) is 0 Å². The fourth-order valence-electron chi connectivity index (χ4n) is 1.63. The van der Waals surface area contributed by atoms with Crippen LogP contribution in [0.5, 0.6) is 5.75 Å². The van der Waals surface area contributed by atoms with Crippen molar-refractivity contribution < 1.29 is 19.1 Å². The van der Waals surface area contributed by atoms with Gasteiger partial charge in [-0.3, -0.25) is 9.59 Å². The molecule has 0 heterocycles. The molecule has 0 aliphatic heterocycles. The van der Waals surface area contributed by atoms with Crippen molar-refractivity contribution in [2.75, 3.05) is 0 Å². The second-order valence-corrected chi connectivity index (χ2v) is 4.74. The Labute approximate surface area is 130 Å². The minimum absolute atomic E-state index is 0.0130. The topological polar surface area (TPSA) is 60.4 Å². The van der Waals surface area contributed by atoms with E-state index in [1.807, 2.05) is 0 Å². The molecule has 0 aliphatic rings. The summed E-state index contributed by atoms with van der Waals surface area (Å²) in [6, 6.07) is 12.0. The van der Waals surface area contributed by atoms with Gasteiger partial charge in [0.2, 0.25) is 0 Å². The lowest BCUT2D eigenvalue weighted by molar-refractivity contribution is 0.0733. The van der Waals surface area contributed by atoms with Crippen molar-refractivity contribution >= 4 is 39.7 Å². The van der Waals surface area contributed by atoms with E-state index in [0.29, 0.717) is 5.56 Å². The van der Waals surface area contributed by atoms with Crippen molar-refractivity contribution in [1.29, 1.82) is 0 Å². The van der Waals surface area contributed by atoms with Crippen LogP contribution in [0.1, 0.15) is 31.1 Å². The summed E-state index contributed by atoms with van der Waals surface area (Å²) in [4.78, 5) is 34.3. The summed E-state index contributed by atoms with van der Waals surface area (Å²) in [6.45, 7) is 0. The summed E-state index contributed by atoms with van der Waals surface area (Å²) in [5, 5.41) is -1.57. The molecule has 0 saturated carbocycles. The average Bonchev–Trinajstić information content (AvgIpc) is 2.47. The SMILES string of the molecule is O=C(Cl)c1cc(OC(=O)c2ccccc2)cc(C(=O)Cl)c1. The van der Waals surface area contributed by atoms with Gasteiger partial charge in [0.1, 0.15) is 5.75 Å². The van der Waals surface area contributed by atoms with Crippen molar-refractivity contribution in [3.63, 3.8) is 0 Å². The molecule has 0 spiro atoms. The number of esters is 1. The Morgan fingerprint density at radius 2 is 1.29 bits per heavy atom. The van der Waals surface area contributed by atoms with Crippen molar-refractivity contribution in [2.45, 2.75) is 0 Å². The van der Waals surface area contributed by atoms with Crippen LogP contribution in [0, 0.1) is 0 Å². The number of halogens is 2. The molecule has 0 fully saturated rings. The van der Waals surface area contributed by atoms with Crippen molar-refractivity contribution in [1.82, 2.24) is 0 Å². The molecule has 0 atom stereocenters. The average molecular weight is 323 g/mol. The third kappa shape index (κ3) is 3.90. The summed E-state index contributed by atoms with van der Waals surface area (Å²) in [5.41, 5.74) is 0.358. The Kier molecular flexibility index (Phi) is 4.73. The molecule has 2 aromatic rings. The number of carbonyl (C=O) groups excluding carboxylic acids is 3. The monoisotopic (exact) mass is 322 g/mol. The first-order chi connectivity index (χ1) is 9.97. The number of hydrogen-bond acceptors (Lipinski definition) is 4. The Hall–Kier alpha value is -2.17. The molecule has 106 valence electrons. The van der Waals surface area contributed by atoms with Gasteiger partial charge in [0.25, 0.3) is 10.5 Å². The third-order valence-electron chi connectivity index (χ3n) is 2.58. The minimum atomic E-state index is -0.785. The fourth-order valence-corrected chi connectivity index (χ4v) is 1.84. The van der Waals surface area contributed by atoms with Crippen LogP contribution in [-0.2, 0) is 0 Å². The Morgan fingerprint density at radius 3 is 1.76 bits per heavy atom. The van der Waals surface area contributed by atoms with Gasteiger partial charge in [0, 0.05) is 11.1 Å². The molecule has 0 N–H and O–H groups in total. The molecule has 0 bridgehead atoms. The van der Waals surface area contributed by atoms with Gasteiger partial charge in [-0.1, -0.05) is 18.2 Å². The smallest absolute Gasteiger partial charge is 0.343 e. The Balaban J connectivity index is 2.33. The van der Waals surface area contributed by atoms with Crippen LogP contribution in [0.15, 0.2) is 48.5 Å². The van der Waals surface area contributed by atoms with E-state index < -0.39 is 16.5 Å². The second-order valence-electron chi connectivity index (χ2n) is 4.05. The first-order valence-corrected chi connectivity index (χ1v) is 6.55. The molecule has 0 aliphatic carbocycles. The maximum Gasteiger partial charge on any atom is 0.343 e. The van der Waals surface area contributed by atoms with Crippen LogP contribution >= 0.6 is 23.2 Å². The predicted molar refractivity (Wildman–Crippen MR) is 78.2 cm³/mol. The first-order valence-electron chi connectivity index (χ1n) is 5.79. The maximum atomic E-state index is 11.9. The zero-order chi connectivity index (χ0) is 15.4.